The Morgan fingerprint density at radius 2 is 1.63 bits per heavy atom. The van der Waals surface area contributed by atoms with E-state index in [4.69, 9.17) is 9.84 Å². The summed E-state index contributed by atoms with van der Waals surface area (Å²) >= 11 is 0. The number of aryl methyl sites for hydroxylation is 1. The molecule has 6 rings (SSSR count). The number of ether oxygens (including phenoxy) is 1. The van der Waals surface area contributed by atoms with Gasteiger partial charge in [0.1, 0.15) is 5.82 Å². The van der Waals surface area contributed by atoms with Gasteiger partial charge in [-0.05, 0) is 61.4 Å². The van der Waals surface area contributed by atoms with E-state index in [9.17, 15) is 9.59 Å². The highest BCUT2D eigenvalue weighted by Gasteiger charge is 2.36. The van der Waals surface area contributed by atoms with E-state index < -0.39 is 0 Å². The van der Waals surface area contributed by atoms with E-state index in [1.807, 2.05) is 102 Å². The molecule has 206 valence electrons. The minimum absolute atomic E-state index is 0.189. The molecule has 0 fully saturated rings. The van der Waals surface area contributed by atoms with Crippen molar-refractivity contribution in [1.82, 2.24) is 19.2 Å². The molecule has 0 spiro atoms. The number of para-hydroxylation sites is 1. The average Bonchev–Trinajstić information content (AvgIpc) is 3.55. The molecule has 0 saturated carbocycles. The van der Waals surface area contributed by atoms with Crippen molar-refractivity contribution in [3.05, 3.63) is 131 Å². The lowest BCUT2D eigenvalue weighted by atomic mass is 10.0. The molecule has 0 aliphatic carbocycles. The number of hydrogen-bond acceptors (Lipinski definition) is 4. The number of nitrogens with zero attached hydrogens (tertiary/aromatic N) is 4. The van der Waals surface area contributed by atoms with Crippen LogP contribution in [0.1, 0.15) is 41.0 Å². The molecular weight excluding hydrogens is 514 g/mol. The van der Waals surface area contributed by atoms with Gasteiger partial charge in [-0.3, -0.25) is 4.79 Å². The van der Waals surface area contributed by atoms with Gasteiger partial charge in [0.2, 0.25) is 0 Å². The maximum Gasteiger partial charge on any atom is 0.322 e. The van der Waals surface area contributed by atoms with Gasteiger partial charge >= 0.3 is 12.0 Å². The van der Waals surface area contributed by atoms with E-state index in [1.54, 1.807) is 6.92 Å². The molecule has 1 aliphatic heterocycles. The van der Waals surface area contributed by atoms with Crippen LogP contribution >= 0.6 is 0 Å². The smallest absolute Gasteiger partial charge is 0.322 e. The van der Waals surface area contributed by atoms with Gasteiger partial charge in [0.25, 0.3) is 0 Å². The summed E-state index contributed by atoms with van der Waals surface area (Å²) in [6.45, 7) is 4.49. The molecule has 0 saturated heterocycles. The van der Waals surface area contributed by atoms with Crippen LogP contribution in [0.15, 0.2) is 103 Å². The molecule has 0 bridgehead atoms. The zero-order valence-electron chi connectivity index (χ0n) is 23.0. The molecule has 0 radical (unpaired) electrons. The lowest BCUT2D eigenvalue weighted by molar-refractivity contribution is -0.142. The normalized spacial score (nSPS) is 14.1. The number of urea groups is 1. The van der Waals surface area contributed by atoms with Crippen molar-refractivity contribution in [1.29, 1.82) is 0 Å². The maximum atomic E-state index is 14.1. The Balaban J connectivity index is 1.39. The Labute approximate surface area is 238 Å². The van der Waals surface area contributed by atoms with Crippen LogP contribution in [0.25, 0.3) is 11.5 Å². The summed E-state index contributed by atoms with van der Waals surface area (Å²) in [4.78, 5) is 27.8. The van der Waals surface area contributed by atoms with Crippen LogP contribution in [0.4, 0.5) is 10.5 Å². The van der Waals surface area contributed by atoms with Crippen LogP contribution in [0.2, 0.25) is 0 Å². The van der Waals surface area contributed by atoms with Gasteiger partial charge in [-0.1, -0.05) is 60.7 Å². The van der Waals surface area contributed by atoms with Gasteiger partial charge in [0.15, 0.2) is 0 Å². The monoisotopic (exact) mass is 545 g/mol. The molecule has 1 aliphatic rings. The summed E-state index contributed by atoms with van der Waals surface area (Å²) in [6.07, 6.45) is 2.23. The van der Waals surface area contributed by atoms with Crippen molar-refractivity contribution in [2.75, 3.05) is 11.9 Å². The van der Waals surface area contributed by atoms with Crippen LogP contribution in [-0.4, -0.2) is 37.9 Å². The van der Waals surface area contributed by atoms with E-state index in [1.165, 1.54) is 0 Å². The molecule has 1 atom stereocenters. The van der Waals surface area contributed by atoms with E-state index >= 15 is 0 Å². The largest absolute Gasteiger partial charge is 0.466 e. The number of amides is 2. The van der Waals surface area contributed by atoms with Crippen molar-refractivity contribution in [2.45, 2.75) is 32.9 Å². The number of aromatic nitrogens is 3. The Morgan fingerprint density at radius 1 is 0.927 bits per heavy atom. The first-order chi connectivity index (χ1) is 20.0. The first-order valence-electron chi connectivity index (χ1n) is 13.7. The Hall–Kier alpha value is -5.11. The molecule has 3 aromatic carbocycles. The van der Waals surface area contributed by atoms with Crippen molar-refractivity contribution in [2.24, 2.45) is 0 Å². The van der Waals surface area contributed by atoms with Crippen molar-refractivity contribution >= 4 is 17.7 Å². The number of carbonyl (C=O) groups is 2. The third-order valence-corrected chi connectivity index (χ3v) is 7.32. The highest BCUT2D eigenvalue weighted by Crippen LogP contribution is 2.38. The molecule has 41 heavy (non-hydrogen) atoms. The summed E-state index contributed by atoms with van der Waals surface area (Å²) in [5.74, 6) is 0.651. The summed E-state index contributed by atoms with van der Waals surface area (Å²) in [5, 5.41) is 8.00. The Morgan fingerprint density at radius 3 is 2.34 bits per heavy atom. The highest BCUT2D eigenvalue weighted by atomic mass is 16.5. The number of fused-ring (bicyclic) bond motifs is 3. The van der Waals surface area contributed by atoms with Crippen LogP contribution < -0.4 is 5.32 Å². The molecule has 2 amide bonds. The first kappa shape index (κ1) is 26.1. The number of esters is 1. The maximum absolute atomic E-state index is 14.1. The zero-order valence-corrected chi connectivity index (χ0v) is 23.0. The van der Waals surface area contributed by atoms with Gasteiger partial charge in [-0.2, -0.15) is 5.10 Å². The van der Waals surface area contributed by atoms with Gasteiger partial charge in [-0.15, -0.1) is 0 Å². The second-order valence-corrected chi connectivity index (χ2v) is 9.99. The lowest BCUT2D eigenvalue weighted by Crippen LogP contribution is -2.38. The Bertz CT molecular complexity index is 1670. The predicted molar refractivity (Wildman–Crippen MR) is 157 cm³/mol. The Kier molecular flexibility index (Phi) is 7.12. The summed E-state index contributed by atoms with van der Waals surface area (Å²) in [5.41, 5.74) is 6.23. The number of nitrogens with one attached hydrogen (secondary N) is 1. The van der Waals surface area contributed by atoms with Gasteiger partial charge in [-0.25, -0.2) is 9.48 Å². The topological polar surface area (TPSA) is 81.4 Å². The zero-order chi connectivity index (χ0) is 28.3. The summed E-state index contributed by atoms with van der Waals surface area (Å²) in [6, 6.07) is 30.9. The summed E-state index contributed by atoms with van der Waals surface area (Å²) < 4.78 is 9.16. The second-order valence-electron chi connectivity index (χ2n) is 9.99. The standard InChI is InChI=1S/C33H31N5O3/c1-3-41-30(39)21-24-16-18-26(19-17-24)34-33(40)37-22-28-23(2)35-38(27-13-8-5-9-14-27)32(28)36-20-10-15-29(36)31(37)25-11-6-4-7-12-25/h4-20,31H,3,21-22H2,1-2H3,(H,34,40)/t31-/m0/s1. The molecule has 2 aromatic heterocycles. The number of hydrogen-bond donors (Lipinski definition) is 1. The van der Waals surface area contributed by atoms with E-state index in [0.29, 0.717) is 18.8 Å². The van der Waals surface area contributed by atoms with Crippen molar-refractivity contribution in [3.8, 4) is 11.5 Å². The predicted octanol–water partition coefficient (Wildman–Crippen LogP) is 6.21. The summed E-state index contributed by atoms with van der Waals surface area (Å²) in [7, 11) is 0. The van der Waals surface area contributed by atoms with Crippen molar-refractivity contribution < 1.29 is 14.3 Å². The van der Waals surface area contributed by atoms with Crippen LogP contribution in [0.5, 0.6) is 0 Å². The van der Waals surface area contributed by atoms with Gasteiger partial charge in [0, 0.05) is 17.4 Å². The second kappa shape index (κ2) is 11.2. The minimum Gasteiger partial charge on any atom is -0.466 e. The first-order valence-corrected chi connectivity index (χ1v) is 13.7. The molecule has 3 heterocycles. The molecule has 8 nitrogen and oxygen atoms in total. The number of rotatable bonds is 6. The third kappa shape index (κ3) is 5.12. The fraction of sp³-hybridized carbons (Fsp3) is 0.182. The van der Waals surface area contributed by atoms with E-state index in [0.717, 1.165) is 39.6 Å². The fourth-order valence-corrected chi connectivity index (χ4v) is 5.42. The van der Waals surface area contributed by atoms with E-state index in [-0.39, 0.29) is 24.5 Å². The van der Waals surface area contributed by atoms with Crippen LogP contribution in [0, 0.1) is 6.92 Å². The molecule has 5 aromatic rings. The molecule has 0 unspecified atom stereocenters. The highest BCUT2D eigenvalue weighted by molar-refractivity contribution is 5.90. The van der Waals surface area contributed by atoms with Crippen LogP contribution in [-0.2, 0) is 22.5 Å². The fourth-order valence-electron chi connectivity index (χ4n) is 5.42. The van der Waals surface area contributed by atoms with Crippen LogP contribution in [0.3, 0.4) is 0 Å². The van der Waals surface area contributed by atoms with Crippen molar-refractivity contribution in [3.63, 3.8) is 0 Å². The van der Waals surface area contributed by atoms with E-state index in [2.05, 4.69) is 28.1 Å². The van der Waals surface area contributed by atoms with Gasteiger partial charge < -0.3 is 19.5 Å². The average molecular weight is 546 g/mol. The minimum atomic E-state index is -0.342. The lowest BCUT2D eigenvalue weighted by Gasteiger charge is -2.31. The third-order valence-electron chi connectivity index (χ3n) is 7.32. The molecule has 1 N–H and O–H groups in total. The molecule has 8 heteroatoms. The number of benzene rings is 3. The SMILES string of the molecule is CCOC(=O)Cc1ccc(NC(=O)N2Cc3c(C)nn(-c4ccccc4)c3-n3cccc3[C@@H]2c2ccccc2)cc1. The quantitative estimate of drug-likeness (QED) is 0.257. The number of anilines is 1. The van der Waals surface area contributed by atoms with Gasteiger partial charge in [0.05, 0.1) is 42.7 Å². The molecular formula is C33H31N5O3. The number of carbonyl (C=O) groups excluding carboxylic acids is 2.